The monoisotopic (exact) mass is 233 g/mol. The van der Waals surface area contributed by atoms with Gasteiger partial charge in [-0.2, -0.15) is 0 Å². The maximum absolute atomic E-state index is 11.9. The Balaban J connectivity index is 2.05. The van der Waals surface area contributed by atoms with Crippen LogP contribution in [0, 0.1) is 5.21 Å². The molecular weight excluding hydrogens is 220 g/mol. The Bertz CT molecular complexity index is 580. The number of hydroxylamine groups is 2. The number of piperidine rings is 1. The Labute approximate surface area is 97.5 Å². The van der Waals surface area contributed by atoms with E-state index in [2.05, 4.69) is 9.97 Å². The fourth-order valence-corrected chi connectivity index (χ4v) is 2.42. The van der Waals surface area contributed by atoms with Crippen molar-refractivity contribution < 1.29 is 0 Å². The first-order chi connectivity index (χ1) is 8.25. The second-order valence-corrected chi connectivity index (χ2v) is 4.33. The molecule has 90 valence electrons. The summed E-state index contributed by atoms with van der Waals surface area (Å²) in [6.07, 6.45) is 3.08. The van der Waals surface area contributed by atoms with Gasteiger partial charge in [-0.3, -0.25) is 9.55 Å². The number of nitrogens with zero attached hydrogens (tertiary/aromatic N) is 3. The Hall–Kier alpha value is -1.66. The number of aromatic nitrogens is 3. The zero-order valence-electron chi connectivity index (χ0n) is 9.30. The van der Waals surface area contributed by atoms with Crippen LogP contribution in [-0.2, 0) is 0 Å². The zero-order valence-corrected chi connectivity index (χ0v) is 9.30. The van der Waals surface area contributed by atoms with Crippen molar-refractivity contribution in [3.63, 3.8) is 0 Å². The molecule has 2 aromatic rings. The standard InChI is InChI=1S/C11H13N4O2/c16-11-13-10-9(2-1-5-12-10)15(11)8-3-6-14(17)7-4-8/h1-2,5,8H,3-4,6-7H2,(H,12,13,16)/q-1. The van der Waals surface area contributed by atoms with E-state index in [1.165, 1.54) is 0 Å². The van der Waals surface area contributed by atoms with Gasteiger partial charge in [0.25, 0.3) is 0 Å². The van der Waals surface area contributed by atoms with E-state index >= 15 is 0 Å². The molecule has 1 fully saturated rings. The van der Waals surface area contributed by atoms with E-state index in [9.17, 15) is 10.0 Å². The smallest absolute Gasteiger partial charge is 0.327 e. The van der Waals surface area contributed by atoms with Crippen molar-refractivity contribution in [2.75, 3.05) is 13.1 Å². The predicted molar refractivity (Wildman–Crippen MR) is 63.6 cm³/mol. The number of hydrogen-bond acceptors (Lipinski definition) is 4. The molecule has 17 heavy (non-hydrogen) atoms. The first-order valence-electron chi connectivity index (χ1n) is 5.73. The van der Waals surface area contributed by atoms with E-state index < -0.39 is 0 Å². The molecule has 2 aromatic heterocycles. The molecule has 0 amide bonds. The Morgan fingerprint density at radius 2 is 2.18 bits per heavy atom. The predicted octanol–water partition coefficient (Wildman–Crippen LogP) is 0.859. The number of H-pyrrole nitrogens is 1. The molecule has 1 N–H and O–H groups in total. The first-order valence-corrected chi connectivity index (χ1v) is 5.73. The number of imidazole rings is 1. The van der Waals surface area contributed by atoms with Gasteiger partial charge in [0.05, 0.1) is 5.52 Å². The minimum atomic E-state index is -0.136. The minimum absolute atomic E-state index is 0.102. The molecule has 0 aromatic carbocycles. The van der Waals surface area contributed by atoms with Gasteiger partial charge in [-0.05, 0) is 38.1 Å². The summed E-state index contributed by atoms with van der Waals surface area (Å²) >= 11 is 0. The van der Waals surface area contributed by atoms with Crippen LogP contribution in [0.2, 0.25) is 0 Å². The maximum Gasteiger partial charge on any atom is 0.327 e. The van der Waals surface area contributed by atoms with Gasteiger partial charge in [-0.15, -0.1) is 0 Å². The van der Waals surface area contributed by atoms with Gasteiger partial charge in [0, 0.05) is 12.2 Å². The molecule has 1 aliphatic rings. The quantitative estimate of drug-likeness (QED) is 0.792. The molecule has 3 rings (SSSR count). The average molecular weight is 233 g/mol. The first kappa shape index (κ1) is 10.5. The van der Waals surface area contributed by atoms with E-state index in [4.69, 9.17) is 0 Å². The highest BCUT2D eigenvalue weighted by molar-refractivity contribution is 5.70. The molecule has 0 spiro atoms. The third-order valence-corrected chi connectivity index (χ3v) is 3.28. The third kappa shape index (κ3) is 1.75. The number of rotatable bonds is 1. The summed E-state index contributed by atoms with van der Waals surface area (Å²) in [7, 11) is 0. The second kappa shape index (κ2) is 3.97. The normalized spacial score (nSPS) is 18.9. The highest BCUT2D eigenvalue weighted by Crippen LogP contribution is 2.23. The van der Waals surface area contributed by atoms with Gasteiger partial charge in [-0.25, -0.2) is 9.78 Å². The molecule has 3 heterocycles. The van der Waals surface area contributed by atoms with E-state index in [-0.39, 0.29) is 11.7 Å². The molecule has 0 aliphatic carbocycles. The highest BCUT2D eigenvalue weighted by Gasteiger charge is 2.20. The van der Waals surface area contributed by atoms with Crippen LogP contribution in [-0.4, -0.2) is 32.7 Å². The average Bonchev–Trinajstić information content (AvgIpc) is 2.66. The van der Waals surface area contributed by atoms with Crippen LogP contribution in [0.4, 0.5) is 0 Å². The number of nitrogens with one attached hydrogen (secondary N) is 1. The van der Waals surface area contributed by atoms with Crippen LogP contribution in [0.1, 0.15) is 18.9 Å². The minimum Gasteiger partial charge on any atom is -0.785 e. The molecule has 0 radical (unpaired) electrons. The number of fused-ring (bicyclic) bond motifs is 1. The number of aromatic amines is 1. The van der Waals surface area contributed by atoms with Crippen molar-refractivity contribution in [3.8, 4) is 0 Å². The van der Waals surface area contributed by atoms with Gasteiger partial charge < -0.3 is 10.3 Å². The lowest BCUT2D eigenvalue weighted by Gasteiger charge is -2.36. The fraction of sp³-hybridized carbons (Fsp3) is 0.455. The highest BCUT2D eigenvalue weighted by atomic mass is 16.5. The van der Waals surface area contributed by atoms with Crippen molar-refractivity contribution in [3.05, 3.63) is 34.0 Å². The van der Waals surface area contributed by atoms with Crippen molar-refractivity contribution in [2.45, 2.75) is 18.9 Å². The Morgan fingerprint density at radius 3 is 2.94 bits per heavy atom. The molecule has 0 unspecified atom stereocenters. The molecule has 1 saturated heterocycles. The molecular formula is C11H13N4O2-. The summed E-state index contributed by atoms with van der Waals surface area (Å²) in [5.41, 5.74) is 1.30. The SMILES string of the molecule is O=c1[nH]c2ncccc2n1C1CCN([O-])CC1. The topological polar surface area (TPSA) is 77.0 Å². The van der Waals surface area contributed by atoms with Gasteiger partial charge >= 0.3 is 5.69 Å². The summed E-state index contributed by atoms with van der Waals surface area (Å²) in [4.78, 5) is 18.8. The largest absolute Gasteiger partial charge is 0.785 e. The van der Waals surface area contributed by atoms with Crippen molar-refractivity contribution in [1.82, 2.24) is 19.6 Å². The summed E-state index contributed by atoms with van der Waals surface area (Å²) in [5.74, 6) is 0. The lowest BCUT2D eigenvalue weighted by Crippen LogP contribution is -2.33. The van der Waals surface area contributed by atoms with Gasteiger partial charge in [0.1, 0.15) is 0 Å². The van der Waals surface area contributed by atoms with Crippen LogP contribution in [0.25, 0.3) is 11.2 Å². The van der Waals surface area contributed by atoms with Gasteiger partial charge in [-0.1, -0.05) is 0 Å². The molecule has 1 aliphatic heterocycles. The summed E-state index contributed by atoms with van der Waals surface area (Å²) in [5, 5.41) is 12.2. The molecule has 0 atom stereocenters. The fourth-order valence-electron chi connectivity index (χ4n) is 2.42. The molecule has 6 heteroatoms. The van der Waals surface area contributed by atoms with Crippen LogP contribution < -0.4 is 5.69 Å². The van der Waals surface area contributed by atoms with E-state index in [0.29, 0.717) is 31.6 Å². The summed E-state index contributed by atoms with van der Waals surface area (Å²) < 4.78 is 1.73. The van der Waals surface area contributed by atoms with Gasteiger partial charge in [0.15, 0.2) is 5.65 Å². The van der Waals surface area contributed by atoms with Crippen LogP contribution in [0.3, 0.4) is 0 Å². The molecule has 6 nitrogen and oxygen atoms in total. The Kier molecular flexibility index (Phi) is 2.45. The van der Waals surface area contributed by atoms with Gasteiger partial charge in [0.2, 0.25) is 0 Å². The van der Waals surface area contributed by atoms with Crippen molar-refractivity contribution in [1.29, 1.82) is 0 Å². The lowest BCUT2D eigenvalue weighted by atomic mass is 10.1. The van der Waals surface area contributed by atoms with Crippen LogP contribution in [0.5, 0.6) is 0 Å². The van der Waals surface area contributed by atoms with Crippen LogP contribution >= 0.6 is 0 Å². The summed E-state index contributed by atoms with van der Waals surface area (Å²) in [6, 6.07) is 3.80. The van der Waals surface area contributed by atoms with Crippen molar-refractivity contribution in [2.24, 2.45) is 0 Å². The maximum atomic E-state index is 11.9. The number of hydrogen-bond donors (Lipinski definition) is 1. The molecule has 0 bridgehead atoms. The lowest BCUT2D eigenvalue weighted by molar-refractivity contribution is 0.245. The molecule has 0 saturated carbocycles. The van der Waals surface area contributed by atoms with Crippen molar-refractivity contribution >= 4 is 11.2 Å². The van der Waals surface area contributed by atoms with E-state index in [1.807, 2.05) is 12.1 Å². The Morgan fingerprint density at radius 1 is 1.41 bits per heavy atom. The van der Waals surface area contributed by atoms with Crippen LogP contribution in [0.15, 0.2) is 23.1 Å². The van der Waals surface area contributed by atoms with E-state index in [0.717, 1.165) is 10.6 Å². The number of pyridine rings is 1. The third-order valence-electron chi connectivity index (χ3n) is 3.28. The second-order valence-electron chi connectivity index (χ2n) is 4.33. The zero-order chi connectivity index (χ0) is 11.8. The van der Waals surface area contributed by atoms with E-state index in [1.54, 1.807) is 10.8 Å². The summed E-state index contributed by atoms with van der Waals surface area (Å²) in [6.45, 7) is 0.980.